The SMILES string of the molecule is CC(O)(CNC(=O)OCC1c2ccccc2-c2ccccc21)C(c1ccccc1)c1ccccc1. The molecule has 0 radical (unpaired) electrons. The van der Waals surface area contributed by atoms with Crippen LogP contribution in [0.2, 0.25) is 0 Å². The smallest absolute Gasteiger partial charge is 0.407 e. The summed E-state index contributed by atoms with van der Waals surface area (Å²) in [4.78, 5) is 12.7. The van der Waals surface area contributed by atoms with Crippen LogP contribution in [-0.4, -0.2) is 30.0 Å². The quantitative estimate of drug-likeness (QED) is 0.348. The van der Waals surface area contributed by atoms with E-state index in [1.807, 2.05) is 84.9 Å². The highest BCUT2D eigenvalue weighted by atomic mass is 16.5. The number of ether oxygens (including phenoxy) is 1. The highest BCUT2D eigenvalue weighted by Gasteiger charge is 2.35. The number of aliphatic hydroxyl groups is 1. The van der Waals surface area contributed by atoms with E-state index in [2.05, 4.69) is 29.6 Å². The van der Waals surface area contributed by atoms with Crippen molar-refractivity contribution in [2.75, 3.05) is 13.2 Å². The molecule has 35 heavy (non-hydrogen) atoms. The Kier molecular flexibility index (Phi) is 6.39. The van der Waals surface area contributed by atoms with Crippen LogP contribution in [0.4, 0.5) is 4.79 Å². The first-order valence-electron chi connectivity index (χ1n) is 12.0. The van der Waals surface area contributed by atoms with Gasteiger partial charge in [0.15, 0.2) is 0 Å². The summed E-state index contributed by atoms with van der Waals surface area (Å²) in [5.74, 6) is -0.311. The second-order valence-electron chi connectivity index (χ2n) is 9.29. The maximum absolute atomic E-state index is 12.7. The predicted molar refractivity (Wildman–Crippen MR) is 138 cm³/mol. The second kappa shape index (κ2) is 9.77. The van der Waals surface area contributed by atoms with E-state index in [4.69, 9.17) is 4.74 Å². The zero-order chi connectivity index (χ0) is 24.3. The Morgan fingerprint density at radius 2 is 1.26 bits per heavy atom. The lowest BCUT2D eigenvalue weighted by Crippen LogP contribution is -2.45. The standard InChI is InChI=1S/C31H29NO3/c1-31(34,29(22-12-4-2-5-13-22)23-14-6-3-7-15-23)21-32-30(33)35-20-28-26-18-10-8-16-24(26)25-17-9-11-19-27(25)28/h2-19,28-29,34H,20-21H2,1H3,(H,32,33). The van der Waals surface area contributed by atoms with Crippen LogP contribution in [0.1, 0.15) is 41.0 Å². The number of carbonyl (C=O) groups is 1. The molecule has 4 aromatic carbocycles. The Labute approximate surface area is 206 Å². The average molecular weight is 464 g/mol. The van der Waals surface area contributed by atoms with Gasteiger partial charge in [0.05, 0.1) is 12.1 Å². The van der Waals surface area contributed by atoms with Crippen LogP contribution in [0.25, 0.3) is 11.1 Å². The summed E-state index contributed by atoms with van der Waals surface area (Å²) in [6, 6.07) is 36.2. The number of rotatable bonds is 7. The summed E-state index contributed by atoms with van der Waals surface area (Å²) < 4.78 is 5.67. The van der Waals surface area contributed by atoms with E-state index in [9.17, 15) is 9.90 Å². The summed E-state index contributed by atoms with van der Waals surface area (Å²) in [5.41, 5.74) is 5.45. The monoisotopic (exact) mass is 463 g/mol. The molecule has 0 spiro atoms. The van der Waals surface area contributed by atoms with E-state index in [0.29, 0.717) is 0 Å². The summed E-state index contributed by atoms with van der Waals surface area (Å²) in [6.07, 6.45) is -0.535. The van der Waals surface area contributed by atoms with Crippen molar-refractivity contribution < 1.29 is 14.6 Å². The van der Waals surface area contributed by atoms with Crippen LogP contribution < -0.4 is 5.32 Å². The number of nitrogens with one attached hydrogen (secondary N) is 1. The molecule has 0 saturated carbocycles. The van der Waals surface area contributed by atoms with Gasteiger partial charge >= 0.3 is 6.09 Å². The molecule has 176 valence electrons. The molecule has 4 nitrogen and oxygen atoms in total. The molecule has 0 aliphatic heterocycles. The Balaban J connectivity index is 1.28. The normalized spacial score (nSPS) is 14.1. The molecule has 4 aromatic rings. The van der Waals surface area contributed by atoms with Crippen molar-refractivity contribution >= 4 is 6.09 Å². The Morgan fingerprint density at radius 3 is 1.77 bits per heavy atom. The van der Waals surface area contributed by atoms with E-state index in [-0.39, 0.29) is 25.0 Å². The third-order valence-electron chi connectivity index (χ3n) is 6.82. The van der Waals surface area contributed by atoms with E-state index < -0.39 is 11.7 Å². The van der Waals surface area contributed by atoms with Crippen molar-refractivity contribution in [3.63, 3.8) is 0 Å². The van der Waals surface area contributed by atoms with Crippen molar-refractivity contribution in [2.24, 2.45) is 0 Å². The molecule has 0 fully saturated rings. The van der Waals surface area contributed by atoms with E-state index >= 15 is 0 Å². The van der Waals surface area contributed by atoms with Gasteiger partial charge in [0.25, 0.3) is 0 Å². The largest absolute Gasteiger partial charge is 0.449 e. The molecule has 2 N–H and O–H groups in total. The Morgan fingerprint density at radius 1 is 0.800 bits per heavy atom. The third kappa shape index (κ3) is 4.71. The van der Waals surface area contributed by atoms with Crippen LogP contribution in [0.3, 0.4) is 0 Å². The molecule has 1 aliphatic rings. The summed E-state index contributed by atoms with van der Waals surface area (Å²) in [5, 5.41) is 14.3. The Bertz CT molecular complexity index is 1220. The van der Waals surface area contributed by atoms with Gasteiger partial charge in [-0.25, -0.2) is 4.79 Å². The second-order valence-corrected chi connectivity index (χ2v) is 9.29. The minimum Gasteiger partial charge on any atom is -0.449 e. The van der Waals surface area contributed by atoms with Gasteiger partial charge in [0, 0.05) is 11.8 Å². The van der Waals surface area contributed by atoms with Crippen LogP contribution in [0.5, 0.6) is 0 Å². The molecule has 5 rings (SSSR count). The van der Waals surface area contributed by atoms with Gasteiger partial charge in [0.1, 0.15) is 6.61 Å². The van der Waals surface area contributed by atoms with Crippen LogP contribution >= 0.6 is 0 Å². The van der Waals surface area contributed by atoms with Crippen molar-refractivity contribution in [3.8, 4) is 11.1 Å². The van der Waals surface area contributed by atoms with Crippen LogP contribution in [0.15, 0.2) is 109 Å². The molecule has 0 bridgehead atoms. The molecule has 0 aromatic heterocycles. The maximum Gasteiger partial charge on any atom is 0.407 e. The van der Waals surface area contributed by atoms with Gasteiger partial charge in [-0.1, -0.05) is 109 Å². The lowest BCUT2D eigenvalue weighted by Gasteiger charge is -2.34. The van der Waals surface area contributed by atoms with E-state index in [1.54, 1.807) is 6.92 Å². The fraction of sp³-hybridized carbons (Fsp3) is 0.194. The van der Waals surface area contributed by atoms with Crippen molar-refractivity contribution in [3.05, 3.63) is 131 Å². The number of hydrogen-bond acceptors (Lipinski definition) is 3. The van der Waals surface area contributed by atoms with Gasteiger partial charge < -0.3 is 15.2 Å². The fourth-order valence-corrected chi connectivity index (χ4v) is 5.20. The van der Waals surface area contributed by atoms with E-state index in [0.717, 1.165) is 11.1 Å². The first-order chi connectivity index (χ1) is 17.0. The van der Waals surface area contributed by atoms with Gasteiger partial charge in [-0.3, -0.25) is 0 Å². The van der Waals surface area contributed by atoms with E-state index in [1.165, 1.54) is 22.3 Å². The average Bonchev–Trinajstić information content (AvgIpc) is 3.21. The highest BCUT2D eigenvalue weighted by molar-refractivity contribution is 5.79. The number of hydrogen-bond donors (Lipinski definition) is 2. The number of carbonyl (C=O) groups excluding carboxylic acids is 1. The van der Waals surface area contributed by atoms with Crippen LogP contribution in [0, 0.1) is 0 Å². The summed E-state index contributed by atoms with van der Waals surface area (Å²) in [7, 11) is 0. The molecule has 1 atom stereocenters. The minimum absolute atomic E-state index is 0.00459. The van der Waals surface area contributed by atoms with Crippen molar-refractivity contribution in [2.45, 2.75) is 24.4 Å². The van der Waals surface area contributed by atoms with Gasteiger partial charge in [-0.05, 0) is 40.3 Å². The molecular weight excluding hydrogens is 434 g/mol. The highest BCUT2D eigenvalue weighted by Crippen LogP contribution is 2.44. The molecule has 0 saturated heterocycles. The lowest BCUT2D eigenvalue weighted by atomic mass is 9.78. The molecule has 1 amide bonds. The molecule has 1 aliphatic carbocycles. The third-order valence-corrected chi connectivity index (χ3v) is 6.82. The Hall–Kier alpha value is -3.89. The first kappa shape index (κ1) is 22.9. The fourth-order valence-electron chi connectivity index (χ4n) is 5.20. The molecule has 0 heterocycles. The summed E-state index contributed by atoms with van der Waals surface area (Å²) >= 11 is 0. The number of alkyl carbamates (subject to hydrolysis) is 1. The van der Waals surface area contributed by atoms with Gasteiger partial charge in [0.2, 0.25) is 0 Å². The van der Waals surface area contributed by atoms with Crippen LogP contribution in [-0.2, 0) is 4.74 Å². The van der Waals surface area contributed by atoms with Crippen molar-refractivity contribution in [1.82, 2.24) is 5.32 Å². The zero-order valence-corrected chi connectivity index (χ0v) is 19.7. The lowest BCUT2D eigenvalue weighted by molar-refractivity contribution is 0.0404. The summed E-state index contributed by atoms with van der Waals surface area (Å²) in [6.45, 7) is 2.04. The zero-order valence-electron chi connectivity index (χ0n) is 19.7. The number of fused-ring (bicyclic) bond motifs is 3. The molecular formula is C31H29NO3. The molecule has 4 heteroatoms. The molecule has 1 unspecified atom stereocenters. The number of amides is 1. The van der Waals surface area contributed by atoms with Gasteiger partial charge in [-0.15, -0.1) is 0 Å². The van der Waals surface area contributed by atoms with Gasteiger partial charge in [-0.2, -0.15) is 0 Å². The maximum atomic E-state index is 12.7. The minimum atomic E-state index is -1.23. The topological polar surface area (TPSA) is 58.6 Å². The predicted octanol–water partition coefficient (Wildman–Crippen LogP) is 6.11. The first-order valence-corrected chi connectivity index (χ1v) is 12.0. The number of benzene rings is 4. The van der Waals surface area contributed by atoms with Crippen molar-refractivity contribution in [1.29, 1.82) is 0 Å².